The summed E-state index contributed by atoms with van der Waals surface area (Å²) in [7, 11) is 0. The average molecular weight is 350 g/mol. The van der Waals surface area contributed by atoms with Crippen molar-refractivity contribution in [3.63, 3.8) is 0 Å². The Morgan fingerprint density at radius 3 is 2.80 bits per heavy atom. The van der Waals surface area contributed by atoms with Crippen molar-refractivity contribution in [3.8, 4) is 17.0 Å². The van der Waals surface area contributed by atoms with Gasteiger partial charge in [0.05, 0.1) is 11.9 Å². The van der Waals surface area contributed by atoms with Crippen molar-refractivity contribution in [2.24, 2.45) is 0 Å². The van der Waals surface area contributed by atoms with E-state index < -0.39 is 6.36 Å². The Balaban J connectivity index is 1.92. The number of alkyl halides is 3. The van der Waals surface area contributed by atoms with Crippen molar-refractivity contribution < 1.29 is 17.9 Å². The van der Waals surface area contributed by atoms with Crippen molar-refractivity contribution >= 4 is 11.5 Å². The molecule has 25 heavy (non-hydrogen) atoms. The van der Waals surface area contributed by atoms with Crippen molar-refractivity contribution in [2.75, 3.05) is 11.9 Å². The number of rotatable bonds is 6. The number of nitrogens with one attached hydrogen (secondary N) is 1. The van der Waals surface area contributed by atoms with Gasteiger partial charge in [-0.25, -0.2) is 9.50 Å². The summed E-state index contributed by atoms with van der Waals surface area (Å²) in [6.07, 6.45) is -1.07. The number of hydrogen-bond donors (Lipinski definition) is 1. The molecule has 1 aromatic carbocycles. The predicted molar refractivity (Wildman–Crippen MR) is 88.5 cm³/mol. The molecule has 0 saturated carbocycles. The zero-order valence-electron chi connectivity index (χ0n) is 13.5. The summed E-state index contributed by atoms with van der Waals surface area (Å²) in [5.74, 6) is 0.403. The molecule has 0 aliphatic rings. The molecule has 0 fully saturated rings. The van der Waals surface area contributed by atoms with Crippen molar-refractivity contribution in [1.29, 1.82) is 0 Å². The second kappa shape index (κ2) is 7.00. The van der Waals surface area contributed by atoms with Crippen LogP contribution in [0.5, 0.6) is 5.75 Å². The molecule has 0 unspecified atom stereocenters. The molecule has 0 aliphatic carbocycles. The van der Waals surface area contributed by atoms with Gasteiger partial charge in [0.15, 0.2) is 5.65 Å². The number of benzene rings is 1. The predicted octanol–water partition coefficient (Wildman–Crippen LogP) is 4.51. The molecule has 2 heterocycles. The molecule has 8 heteroatoms. The van der Waals surface area contributed by atoms with Gasteiger partial charge in [0.2, 0.25) is 0 Å². The lowest BCUT2D eigenvalue weighted by atomic mass is 10.1. The van der Waals surface area contributed by atoms with E-state index in [1.807, 2.05) is 6.07 Å². The summed E-state index contributed by atoms with van der Waals surface area (Å²) >= 11 is 0. The van der Waals surface area contributed by atoms with Crippen LogP contribution < -0.4 is 10.1 Å². The van der Waals surface area contributed by atoms with Crippen LogP contribution in [0.4, 0.5) is 19.0 Å². The first-order valence-corrected chi connectivity index (χ1v) is 7.91. The lowest BCUT2D eigenvalue weighted by Crippen LogP contribution is -2.17. The monoisotopic (exact) mass is 350 g/mol. The van der Waals surface area contributed by atoms with Crippen LogP contribution in [0.3, 0.4) is 0 Å². The van der Waals surface area contributed by atoms with Crippen LogP contribution in [-0.4, -0.2) is 27.5 Å². The summed E-state index contributed by atoms with van der Waals surface area (Å²) in [4.78, 5) is 4.25. The van der Waals surface area contributed by atoms with Crippen LogP contribution in [0.15, 0.2) is 42.6 Å². The van der Waals surface area contributed by atoms with Crippen LogP contribution in [0.25, 0.3) is 16.9 Å². The van der Waals surface area contributed by atoms with E-state index in [1.54, 1.807) is 22.8 Å². The van der Waals surface area contributed by atoms with Crippen molar-refractivity contribution in [2.45, 2.75) is 26.1 Å². The van der Waals surface area contributed by atoms with E-state index in [0.29, 0.717) is 22.7 Å². The highest BCUT2D eigenvalue weighted by Gasteiger charge is 2.31. The van der Waals surface area contributed by atoms with Crippen LogP contribution in [0, 0.1) is 0 Å². The number of anilines is 1. The van der Waals surface area contributed by atoms with Gasteiger partial charge in [0.25, 0.3) is 0 Å². The van der Waals surface area contributed by atoms with E-state index in [0.717, 1.165) is 19.4 Å². The third-order valence-corrected chi connectivity index (χ3v) is 3.56. The van der Waals surface area contributed by atoms with Crippen LogP contribution in [-0.2, 0) is 0 Å². The average Bonchev–Trinajstić information content (AvgIpc) is 2.97. The molecule has 5 nitrogen and oxygen atoms in total. The number of fused-ring (bicyclic) bond motifs is 1. The second-order valence-corrected chi connectivity index (χ2v) is 5.49. The summed E-state index contributed by atoms with van der Waals surface area (Å²) in [6, 6.07) is 9.39. The number of nitrogens with zero attached hydrogens (tertiary/aromatic N) is 3. The molecule has 0 atom stereocenters. The first kappa shape index (κ1) is 17.1. The van der Waals surface area contributed by atoms with Crippen LogP contribution in [0.1, 0.15) is 19.8 Å². The highest BCUT2D eigenvalue weighted by Crippen LogP contribution is 2.28. The minimum absolute atomic E-state index is 0.280. The van der Waals surface area contributed by atoms with E-state index >= 15 is 0 Å². The molecule has 3 rings (SSSR count). The Morgan fingerprint density at radius 2 is 2.04 bits per heavy atom. The Bertz CT molecular complexity index is 860. The first-order chi connectivity index (χ1) is 12.0. The Labute approximate surface area is 142 Å². The minimum atomic E-state index is -4.73. The second-order valence-electron chi connectivity index (χ2n) is 5.49. The zero-order chi connectivity index (χ0) is 17.9. The van der Waals surface area contributed by atoms with E-state index in [4.69, 9.17) is 0 Å². The molecule has 0 spiro atoms. The Morgan fingerprint density at radius 1 is 1.20 bits per heavy atom. The van der Waals surface area contributed by atoms with Crippen LogP contribution >= 0.6 is 0 Å². The molecule has 1 N–H and O–H groups in total. The normalized spacial score (nSPS) is 11.7. The summed E-state index contributed by atoms with van der Waals surface area (Å²) < 4.78 is 42.8. The fourth-order valence-corrected chi connectivity index (χ4v) is 2.41. The summed E-state index contributed by atoms with van der Waals surface area (Å²) in [5, 5.41) is 7.68. The molecule has 0 aliphatic heterocycles. The molecular formula is C17H17F3N4O. The van der Waals surface area contributed by atoms with Gasteiger partial charge in [0, 0.05) is 12.1 Å². The highest BCUT2D eigenvalue weighted by molar-refractivity contribution is 5.65. The third kappa shape index (κ3) is 4.20. The molecule has 0 saturated heterocycles. The number of ether oxygens (including phenoxy) is 1. The highest BCUT2D eigenvalue weighted by atomic mass is 19.4. The first-order valence-electron chi connectivity index (χ1n) is 7.91. The Kier molecular flexibility index (Phi) is 4.78. The summed E-state index contributed by atoms with van der Waals surface area (Å²) in [5.41, 5.74) is 1.73. The molecule has 132 valence electrons. The topological polar surface area (TPSA) is 51.5 Å². The fraction of sp³-hybridized carbons (Fsp3) is 0.294. The van der Waals surface area contributed by atoms with Gasteiger partial charge >= 0.3 is 6.36 Å². The third-order valence-electron chi connectivity index (χ3n) is 3.56. The lowest BCUT2D eigenvalue weighted by molar-refractivity contribution is -0.274. The van der Waals surface area contributed by atoms with E-state index in [2.05, 4.69) is 27.1 Å². The maximum absolute atomic E-state index is 12.4. The number of unbranched alkanes of at least 4 members (excludes halogenated alkanes) is 1. The van der Waals surface area contributed by atoms with Gasteiger partial charge in [-0.05, 0) is 30.7 Å². The molecule has 0 bridgehead atoms. The smallest absolute Gasteiger partial charge is 0.406 e. The van der Waals surface area contributed by atoms with Gasteiger partial charge in [0.1, 0.15) is 11.6 Å². The maximum atomic E-state index is 12.4. The van der Waals surface area contributed by atoms with Crippen LogP contribution in [0.2, 0.25) is 0 Å². The number of imidazole rings is 1. The molecule has 0 amide bonds. The van der Waals surface area contributed by atoms with Gasteiger partial charge < -0.3 is 10.1 Å². The van der Waals surface area contributed by atoms with E-state index in [9.17, 15) is 13.2 Å². The largest absolute Gasteiger partial charge is 0.573 e. The molecule has 2 aromatic heterocycles. The van der Waals surface area contributed by atoms with Crippen molar-refractivity contribution in [1.82, 2.24) is 14.6 Å². The molecular weight excluding hydrogens is 333 g/mol. The maximum Gasteiger partial charge on any atom is 0.573 e. The number of aromatic nitrogens is 3. The zero-order valence-corrected chi connectivity index (χ0v) is 13.5. The summed E-state index contributed by atoms with van der Waals surface area (Å²) in [6.45, 7) is 2.90. The molecule has 0 radical (unpaired) electrons. The SMILES string of the molecule is CCCCNc1ccc2ncc(-c3cccc(OC(F)(F)F)c3)n2n1. The standard InChI is InChI=1S/C17H17F3N4O/c1-2-3-9-21-15-7-8-16-22-11-14(24(16)23-15)12-5-4-6-13(10-12)25-17(18,19)20/h4-8,10-11H,2-3,9H2,1H3,(H,21,23). The Hall–Kier alpha value is -2.77. The van der Waals surface area contributed by atoms with E-state index in [-0.39, 0.29) is 5.75 Å². The van der Waals surface area contributed by atoms with Gasteiger partial charge in [-0.1, -0.05) is 25.5 Å². The number of halogens is 3. The quantitative estimate of drug-likeness (QED) is 0.665. The fourth-order valence-electron chi connectivity index (χ4n) is 2.41. The van der Waals surface area contributed by atoms with Gasteiger partial charge in [-0.15, -0.1) is 18.3 Å². The lowest BCUT2D eigenvalue weighted by Gasteiger charge is -2.10. The molecule has 3 aromatic rings. The minimum Gasteiger partial charge on any atom is -0.406 e. The van der Waals surface area contributed by atoms with Crippen molar-refractivity contribution in [3.05, 3.63) is 42.6 Å². The number of hydrogen-bond acceptors (Lipinski definition) is 4. The van der Waals surface area contributed by atoms with Gasteiger partial charge in [-0.3, -0.25) is 0 Å². The van der Waals surface area contributed by atoms with Gasteiger partial charge in [-0.2, -0.15) is 0 Å². The van der Waals surface area contributed by atoms with E-state index in [1.165, 1.54) is 18.2 Å².